The summed E-state index contributed by atoms with van der Waals surface area (Å²) in [5, 5.41) is 23.1. The zero-order valence-electron chi connectivity index (χ0n) is 11.5. The molecular weight excluding hydrogens is 242 g/mol. The van der Waals surface area contributed by atoms with Gasteiger partial charge in [0.25, 0.3) is 0 Å². The first-order valence-electron chi connectivity index (χ1n) is 6.39. The third-order valence-corrected chi connectivity index (χ3v) is 2.92. The van der Waals surface area contributed by atoms with Crippen molar-refractivity contribution < 1.29 is 4.92 Å². The summed E-state index contributed by atoms with van der Waals surface area (Å²) < 4.78 is 0. The Morgan fingerprint density at radius 2 is 2.05 bits per heavy atom. The number of nitriles is 1. The lowest BCUT2D eigenvalue weighted by Gasteiger charge is -2.16. The van der Waals surface area contributed by atoms with Crippen molar-refractivity contribution in [3.05, 3.63) is 33.9 Å². The van der Waals surface area contributed by atoms with Crippen molar-refractivity contribution in [2.24, 2.45) is 5.92 Å². The molecule has 1 aromatic carbocycles. The van der Waals surface area contributed by atoms with Crippen LogP contribution in [0.25, 0.3) is 0 Å². The molecule has 19 heavy (non-hydrogen) atoms. The minimum Gasteiger partial charge on any atom is -0.377 e. The number of nitrogens with one attached hydrogen (secondary N) is 1. The highest BCUT2D eigenvalue weighted by Gasteiger charge is 2.20. The van der Waals surface area contributed by atoms with Gasteiger partial charge in [0.15, 0.2) is 0 Å². The van der Waals surface area contributed by atoms with Crippen LogP contribution in [0, 0.1) is 27.4 Å². The van der Waals surface area contributed by atoms with Crippen LogP contribution in [0.2, 0.25) is 0 Å². The van der Waals surface area contributed by atoms with E-state index in [1.807, 2.05) is 13.0 Å². The topological polar surface area (TPSA) is 79.0 Å². The zero-order chi connectivity index (χ0) is 14.4. The number of benzene rings is 1. The minimum atomic E-state index is -0.504. The summed E-state index contributed by atoms with van der Waals surface area (Å²) in [5.41, 5.74) is 0.368. The predicted octanol–water partition coefficient (Wildman–Crippen LogP) is 3.70. The van der Waals surface area contributed by atoms with Gasteiger partial charge in [0.05, 0.1) is 4.92 Å². The van der Waals surface area contributed by atoms with Crippen LogP contribution in [0.4, 0.5) is 11.4 Å². The van der Waals surface area contributed by atoms with Gasteiger partial charge in [-0.05, 0) is 37.8 Å². The van der Waals surface area contributed by atoms with Crippen LogP contribution in [0.5, 0.6) is 0 Å². The number of hydrogen-bond acceptors (Lipinski definition) is 4. The first kappa shape index (κ1) is 15.0. The van der Waals surface area contributed by atoms with Crippen molar-refractivity contribution >= 4 is 11.4 Å². The lowest BCUT2D eigenvalue weighted by Crippen LogP contribution is -2.17. The SMILES string of the molecule is CC(C)CCC(C)Nc1cccc(C#N)c1[N+](=O)[O-]. The van der Waals surface area contributed by atoms with E-state index in [9.17, 15) is 10.1 Å². The van der Waals surface area contributed by atoms with Crippen molar-refractivity contribution in [1.29, 1.82) is 5.26 Å². The molecule has 1 N–H and O–H groups in total. The summed E-state index contributed by atoms with van der Waals surface area (Å²) in [6, 6.07) is 6.75. The van der Waals surface area contributed by atoms with E-state index < -0.39 is 4.92 Å². The van der Waals surface area contributed by atoms with Crippen LogP contribution in [0.3, 0.4) is 0 Å². The summed E-state index contributed by atoms with van der Waals surface area (Å²) in [5.74, 6) is 0.602. The van der Waals surface area contributed by atoms with Crippen LogP contribution in [0.1, 0.15) is 39.2 Å². The molecule has 0 aliphatic rings. The summed E-state index contributed by atoms with van der Waals surface area (Å²) >= 11 is 0. The van der Waals surface area contributed by atoms with E-state index in [0.717, 1.165) is 12.8 Å². The number of anilines is 1. The van der Waals surface area contributed by atoms with Crippen molar-refractivity contribution in [2.75, 3.05) is 5.32 Å². The normalized spacial score (nSPS) is 11.9. The number of nitrogens with zero attached hydrogens (tertiary/aromatic N) is 2. The summed E-state index contributed by atoms with van der Waals surface area (Å²) in [6.07, 6.45) is 1.99. The van der Waals surface area contributed by atoms with Gasteiger partial charge in [-0.1, -0.05) is 19.9 Å². The predicted molar refractivity (Wildman–Crippen MR) is 75.0 cm³/mol. The number of para-hydroxylation sites is 1. The summed E-state index contributed by atoms with van der Waals surface area (Å²) in [4.78, 5) is 10.6. The van der Waals surface area contributed by atoms with Crippen LogP contribution < -0.4 is 5.32 Å². The van der Waals surface area contributed by atoms with Gasteiger partial charge < -0.3 is 5.32 Å². The van der Waals surface area contributed by atoms with E-state index in [1.54, 1.807) is 12.1 Å². The van der Waals surface area contributed by atoms with E-state index in [4.69, 9.17) is 5.26 Å². The van der Waals surface area contributed by atoms with E-state index in [-0.39, 0.29) is 17.3 Å². The summed E-state index contributed by atoms with van der Waals surface area (Å²) in [7, 11) is 0. The molecular formula is C14H19N3O2. The van der Waals surface area contributed by atoms with Gasteiger partial charge in [0, 0.05) is 6.04 Å². The Hall–Kier alpha value is -2.09. The standard InChI is InChI=1S/C14H19N3O2/c1-10(2)7-8-11(3)16-13-6-4-5-12(9-15)14(13)17(18)19/h4-6,10-11,16H,7-8H2,1-3H3. The van der Waals surface area contributed by atoms with Gasteiger partial charge in [-0.15, -0.1) is 0 Å². The minimum absolute atomic E-state index is 0.0889. The number of hydrogen-bond donors (Lipinski definition) is 1. The molecule has 0 amide bonds. The van der Waals surface area contributed by atoms with E-state index in [1.165, 1.54) is 6.07 Å². The Kier molecular flexibility index (Phi) is 5.31. The maximum atomic E-state index is 11.1. The first-order valence-corrected chi connectivity index (χ1v) is 6.39. The second-order valence-electron chi connectivity index (χ2n) is 5.09. The molecule has 0 aliphatic carbocycles. The van der Waals surface area contributed by atoms with Gasteiger partial charge in [0.1, 0.15) is 17.3 Å². The molecule has 1 atom stereocenters. The first-order chi connectivity index (χ1) is 8.95. The highest BCUT2D eigenvalue weighted by atomic mass is 16.6. The lowest BCUT2D eigenvalue weighted by molar-refractivity contribution is -0.384. The Balaban J connectivity index is 2.89. The molecule has 0 saturated heterocycles. The van der Waals surface area contributed by atoms with Crippen molar-refractivity contribution in [2.45, 2.75) is 39.7 Å². The van der Waals surface area contributed by atoms with Crippen LogP contribution in [-0.4, -0.2) is 11.0 Å². The van der Waals surface area contributed by atoms with Crippen molar-refractivity contribution in [3.63, 3.8) is 0 Å². The average molecular weight is 261 g/mol. The molecule has 0 spiro atoms. The smallest absolute Gasteiger partial charge is 0.309 e. The van der Waals surface area contributed by atoms with E-state index in [0.29, 0.717) is 11.6 Å². The number of rotatable bonds is 6. The molecule has 0 aliphatic heterocycles. The zero-order valence-corrected chi connectivity index (χ0v) is 11.5. The molecule has 0 saturated carbocycles. The molecule has 0 radical (unpaired) electrons. The third-order valence-electron chi connectivity index (χ3n) is 2.92. The van der Waals surface area contributed by atoms with Gasteiger partial charge >= 0.3 is 5.69 Å². The fourth-order valence-electron chi connectivity index (χ4n) is 1.87. The van der Waals surface area contributed by atoms with E-state index in [2.05, 4.69) is 19.2 Å². The van der Waals surface area contributed by atoms with E-state index >= 15 is 0 Å². The van der Waals surface area contributed by atoms with Gasteiger partial charge in [-0.3, -0.25) is 10.1 Å². The van der Waals surface area contributed by atoms with Gasteiger partial charge in [-0.2, -0.15) is 5.26 Å². The third kappa shape index (κ3) is 4.25. The average Bonchev–Trinajstić information content (AvgIpc) is 2.35. The molecule has 0 aromatic heterocycles. The Morgan fingerprint density at radius 3 is 2.58 bits per heavy atom. The van der Waals surface area contributed by atoms with Crippen LogP contribution in [-0.2, 0) is 0 Å². The van der Waals surface area contributed by atoms with Crippen LogP contribution >= 0.6 is 0 Å². The van der Waals surface area contributed by atoms with Crippen LogP contribution in [0.15, 0.2) is 18.2 Å². The molecule has 1 unspecified atom stereocenters. The molecule has 5 heteroatoms. The monoisotopic (exact) mass is 261 g/mol. The molecule has 102 valence electrons. The van der Waals surface area contributed by atoms with Gasteiger partial charge in [0.2, 0.25) is 0 Å². The fourth-order valence-corrected chi connectivity index (χ4v) is 1.87. The van der Waals surface area contributed by atoms with Crippen molar-refractivity contribution in [1.82, 2.24) is 0 Å². The van der Waals surface area contributed by atoms with Crippen molar-refractivity contribution in [3.8, 4) is 6.07 Å². The largest absolute Gasteiger partial charge is 0.377 e. The Bertz CT molecular complexity index is 492. The lowest BCUT2D eigenvalue weighted by atomic mass is 10.0. The maximum Gasteiger partial charge on any atom is 0.309 e. The molecule has 5 nitrogen and oxygen atoms in total. The number of nitro groups is 1. The molecule has 0 heterocycles. The highest BCUT2D eigenvalue weighted by molar-refractivity contribution is 5.68. The molecule has 1 aromatic rings. The second-order valence-corrected chi connectivity index (χ2v) is 5.09. The highest BCUT2D eigenvalue weighted by Crippen LogP contribution is 2.29. The Labute approximate surface area is 113 Å². The quantitative estimate of drug-likeness (QED) is 0.625. The Morgan fingerprint density at radius 1 is 1.37 bits per heavy atom. The fraction of sp³-hybridized carbons (Fsp3) is 0.500. The summed E-state index contributed by atoms with van der Waals surface area (Å²) in [6.45, 7) is 6.28. The second kappa shape index (κ2) is 6.74. The molecule has 0 fully saturated rings. The molecule has 0 bridgehead atoms. The van der Waals surface area contributed by atoms with Gasteiger partial charge in [-0.25, -0.2) is 0 Å². The maximum absolute atomic E-state index is 11.1. The molecule has 1 rings (SSSR count). The number of nitro benzene ring substituents is 1.